The van der Waals surface area contributed by atoms with Gasteiger partial charge in [0.2, 0.25) is 0 Å². The maximum Gasteiger partial charge on any atom is 0.279 e. The smallest absolute Gasteiger partial charge is 0.279 e. The third kappa shape index (κ3) is 5.37. The first-order chi connectivity index (χ1) is 10.7. The largest absolute Gasteiger partial charge is 0.490 e. The number of benzene rings is 1. The minimum absolute atomic E-state index is 0.0807. The zero-order valence-corrected chi connectivity index (χ0v) is 15.6. The number of nitrogens with one attached hydrogen (secondary N) is 1. The molecule has 0 amide bonds. The van der Waals surface area contributed by atoms with E-state index in [1.807, 2.05) is 45.9 Å². The van der Waals surface area contributed by atoms with E-state index < -0.39 is 10.2 Å². The lowest BCUT2D eigenvalue weighted by atomic mass is 9.97. The Balaban J connectivity index is 3.20. The molecule has 0 saturated heterocycles. The van der Waals surface area contributed by atoms with Gasteiger partial charge in [-0.3, -0.25) is 0 Å². The van der Waals surface area contributed by atoms with E-state index >= 15 is 0 Å². The van der Waals surface area contributed by atoms with Crippen molar-refractivity contribution in [1.82, 2.24) is 9.03 Å². The Bertz CT molecular complexity index is 600. The predicted molar refractivity (Wildman–Crippen MR) is 92.1 cm³/mol. The van der Waals surface area contributed by atoms with Gasteiger partial charge in [0, 0.05) is 14.1 Å². The highest BCUT2D eigenvalue weighted by atomic mass is 32.2. The molecule has 0 bridgehead atoms. The monoisotopic (exact) mass is 344 g/mol. The average Bonchev–Trinajstić information content (AvgIpc) is 2.47. The van der Waals surface area contributed by atoms with E-state index in [4.69, 9.17) is 9.47 Å². The number of hydrogen-bond acceptors (Lipinski definition) is 4. The summed E-state index contributed by atoms with van der Waals surface area (Å²) in [5.74, 6) is 1.37. The van der Waals surface area contributed by atoms with Gasteiger partial charge in [-0.15, -0.1) is 0 Å². The van der Waals surface area contributed by atoms with Crippen LogP contribution < -0.4 is 14.2 Å². The molecule has 0 saturated carbocycles. The normalized spacial score (nSPS) is 13.4. The molecule has 0 spiro atoms. The van der Waals surface area contributed by atoms with E-state index in [9.17, 15) is 8.42 Å². The molecule has 23 heavy (non-hydrogen) atoms. The molecule has 0 aliphatic rings. The van der Waals surface area contributed by atoms with E-state index in [-0.39, 0.29) is 12.0 Å². The van der Waals surface area contributed by atoms with Gasteiger partial charge in [-0.1, -0.05) is 19.9 Å². The summed E-state index contributed by atoms with van der Waals surface area (Å²) in [4.78, 5) is 0. The van der Waals surface area contributed by atoms with Crippen molar-refractivity contribution < 1.29 is 17.9 Å². The van der Waals surface area contributed by atoms with Gasteiger partial charge in [0.25, 0.3) is 10.2 Å². The summed E-state index contributed by atoms with van der Waals surface area (Å²) in [6.07, 6.45) is 0. The first-order valence-corrected chi connectivity index (χ1v) is 9.26. The topological polar surface area (TPSA) is 67.9 Å². The van der Waals surface area contributed by atoms with E-state index in [0.29, 0.717) is 24.7 Å². The highest BCUT2D eigenvalue weighted by molar-refractivity contribution is 7.87. The highest BCUT2D eigenvalue weighted by Crippen LogP contribution is 2.33. The molecule has 6 nitrogen and oxygen atoms in total. The van der Waals surface area contributed by atoms with Crippen LogP contribution in [0.3, 0.4) is 0 Å². The summed E-state index contributed by atoms with van der Waals surface area (Å²) < 4.78 is 39.4. The first kappa shape index (κ1) is 19.7. The maximum atomic E-state index is 12.2. The van der Waals surface area contributed by atoms with Crippen LogP contribution in [0.2, 0.25) is 0 Å². The molecule has 0 aromatic heterocycles. The van der Waals surface area contributed by atoms with E-state index in [1.165, 1.54) is 18.4 Å². The van der Waals surface area contributed by atoms with Gasteiger partial charge in [0.15, 0.2) is 11.5 Å². The standard InChI is InChI=1S/C16H28N2O4S/c1-7-21-14-10-9-13(11-15(14)22-8-2)16(12(3)4)17-23(19,20)18(5)6/h9-12,16-17H,7-8H2,1-6H3. The molecule has 7 heteroatoms. The van der Waals surface area contributed by atoms with Crippen LogP contribution in [-0.4, -0.2) is 40.0 Å². The molecule has 1 aromatic rings. The summed E-state index contributed by atoms with van der Waals surface area (Å²) >= 11 is 0. The molecule has 0 radical (unpaired) electrons. The van der Waals surface area contributed by atoms with Crippen molar-refractivity contribution in [3.8, 4) is 11.5 Å². The highest BCUT2D eigenvalue weighted by Gasteiger charge is 2.25. The number of ether oxygens (including phenoxy) is 2. The summed E-state index contributed by atoms with van der Waals surface area (Å²) in [7, 11) is -0.518. The van der Waals surface area contributed by atoms with Crippen molar-refractivity contribution in [2.75, 3.05) is 27.3 Å². The molecule has 0 heterocycles. The van der Waals surface area contributed by atoms with Crippen LogP contribution >= 0.6 is 0 Å². The number of hydrogen-bond donors (Lipinski definition) is 1. The molecule has 0 fully saturated rings. The summed E-state index contributed by atoms with van der Waals surface area (Å²) in [5.41, 5.74) is 0.845. The van der Waals surface area contributed by atoms with Crippen molar-refractivity contribution >= 4 is 10.2 Å². The Kier molecular flexibility index (Phi) is 7.31. The Morgan fingerprint density at radius 3 is 2.13 bits per heavy atom. The van der Waals surface area contributed by atoms with Crippen LogP contribution in [0.25, 0.3) is 0 Å². The minimum atomic E-state index is -3.52. The SMILES string of the molecule is CCOc1ccc(C(NS(=O)(=O)N(C)C)C(C)C)cc1OCC. The van der Waals surface area contributed by atoms with Gasteiger partial charge in [-0.25, -0.2) is 0 Å². The van der Waals surface area contributed by atoms with Crippen LogP contribution in [0.4, 0.5) is 0 Å². The quantitative estimate of drug-likeness (QED) is 0.748. The molecular weight excluding hydrogens is 316 g/mol. The predicted octanol–water partition coefficient (Wildman–Crippen LogP) is 2.58. The third-order valence-electron chi connectivity index (χ3n) is 3.35. The van der Waals surface area contributed by atoms with Crippen LogP contribution in [0.1, 0.15) is 39.3 Å². The number of nitrogens with zero attached hydrogens (tertiary/aromatic N) is 1. The molecule has 1 aromatic carbocycles. The third-order valence-corrected chi connectivity index (χ3v) is 4.86. The van der Waals surface area contributed by atoms with Crippen molar-refractivity contribution in [3.05, 3.63) is 23.8 Å². The molecule has 0 aliphatic heterocycles. The van der Waals surface area contributed by atoms with E-state index in [0.717, 1.165) is 5.56 Å². The Morgan fingerprint density at radius 1 is 1.09 bits per heavy atom. The fourth-order valence-electron chi connectivity index (χ4n) is 2.12. The van der Waals surface area contributed by atoms with Crippen molar-refractivity contribution in [2.24, 2.45) is 5.92 Å². The second-order valence-electron chi connectivity index (χ2n) is 5.70. The minimum Gasteiger partial charge on any atom is -0.490 e. The van der Waals surface area contributed by atoms with Crippen LogP contribution in [0.5, 0.6) is 11.5 Å². The Morgan fingerprint density at radius 2 is 1.65 bits per heavy atom. The fourth-order valence-corrected chi connectivity index (χ4v) is 3.06. The zero-order chi connectivity index (χ0) is 17.6. The van der Waals surface area contributed by atoms with Gasteiger partial charge in [0.1, 0.15) is 0 Å². The second-order valence-corrected chi connectivity index (χ2v) is 7.62. The Labute approximate surface area is 140 Å². The molecule has 1 rings (SSSR count). The van der Waals surface area contributed by atoms with Crippen molar-refractivity contribution in [1.29, 1.82) is 0 Å². The Hall–Kier alpha value is -1.31. The van der Waals surface area contributed by atoms with Crippen LogP contribution in [0, 0.1) is 5.92 Å². The van der Waals surface area contributed by atoms with Crippen LogP contribution in [-0.2, 0) is 10.2 Å². The van der Waals surface area contributed by atoms with E-state index in [2.05, 4.69) is 4.72 Å². The average molecular weight is 344 g/mol. The van der Waals surface area contributed by atoms with Crippen molar-refractivity contribution in [3.63, 3.8) is 0 Å². The lowest BCUT2D eigenvalue weighted by molar-refractivity contribution is 0.287. The zero-order valence-electron chi connectivity index (χ0n) is 14.8. The summed E-state index contributed by atoms with van der Waals surface area (Å²) in [6.45, 7) is 8.81. The molecule has 132 valence electrons. The van der Waals surface area contributed by atoms with Gasteiger partial charge >= 0.3 is 0 Å². The molecule has 1 unspecified atom stereocenters. The van der Waals surface area contributed by atoms with Crippen LogP contribution in [0.15, 0.2) is 18.2 Å². The fraction of sp³-hybridized carbons (Fsp3) is 0.625. The summed E-state index contributed by atoms with van der Waals surface area (Å²) in [5, 5.41) is 0. The molecule has 1 atom stereocenters. The molecule has 1 N–H and O–H groups in total. The second kappa shape index (κ2) is 8.52. The van der Waals surface area contributed by atoms with Crippen molar-refractivity contribution in [2.45, 2.75) is 33.7 Å². The first-order valence-electron chi connectivity index (χ1n) is 7.82. The maximum absolute atomic E-state index is 12.2. The summed E-state index contributed by atoms with van der Waals surface area (Å²) in [6, 6.07) is 5.19. The lowest BCUT2D eigenvalue weighted by Gasteiger charge is -2.25. The molecule has 0 aliphatic carbocycles. The lowest BCUT2D eigenvalue weighted by Crippen LogP contribution is -2.39. The molecular formula is C16H28N2O4S. The van der Waals surface area contributed by atoms with Gasteiger partial charge < -0.3 is 9.47 Å². The van der Waals surface area contributed by atoms with Gasteiger partial charge in [-0.2, -0.15) is 17.4 Å². The number of rotatable bonds is 9. The van der Waals surface area contributed by atoms with Gasteiger partial charge in [0.05, 0.1) is 19.3 Å². The van der Waals surface area contributed by atoms with E-state index in [1.54, 1.807) is 0 Å². The van der Waals surface area contributed by atoms with Gasteiger partial charge in [-0.05, 0) is 37.5 Å².